The van der Waals surface area contributed by atoms with E-state index in [0.29, 0.717) is 31.6 Å². The first-order chi connectivity index (χ1) is 13.2. The number of halogens is 1. The van der Waals surface area contributed by atoms with Gasteiger partial charge in [0.2, 0.25) is 0 Å². The summed E-state index contributed by atoms with van der Waals surface area (Å²) < 4.78 is 25.5. The maximum atomic E-state index is 13.2. The average molecular weight is 423 g/mol. The zero-order chi connectivity index (χ0) is 20.4. The molecule has 3 rings (SSSR count). The smallest absolute Gasteiger partial charge is 0.321 e. The van der Waals surface area contributed by atoms with Gasteiger partial charge in [-0.3, -0.25) is 0 Å². The molecule has 0 bridgehead atoms. The Morgan fingerprint density at radius 1 is 1.18 bits per heavy atom. The third-order valence-electron chi connectivity index (χ3n) is 5.42. The number of piperidine rings is 1. The lowest BCUT2D eigenvalue weighted by atomic mass is 9.86. The van der Waals surface area contributed by atoms with Crippen molar-refractivity contribution in [1.29, 1.82) is 0 Å². The van der Waals surface area contributed by atoms with Crippen LogP contribution >= 0.6 is 11.6 Å². The van der Waals surface area contributed by atoms with E-state index < -0.39 is 14.6 Å². The highest BCUT2D eigenvalue weighted by atomic mass is 35.5. The molecule has 1 fully saturated rings. The van der Waals surface area contributed by atoms with Crippen LogP contribution in [0.25, 0.3) is 0 Å². The fourth-order valence-corrected chi connectivity index (χ4v) is 5.77. The number of aromatic nitrogens is 2. The van der Waals surface area contributed by atoms with E-state index in [1.54, 1.807) is 49.1 Å². The van der Waals surface area contributed by atoms with Crippen LogP contribution in [0, 0.1) is 5.92 Å². The van der Waals surface area contributed by atoms with Gasteiger partial charge in [0.25, 0.3) is 0 Å². The molecule has 1 N–H and O–H groups in total. The second-order valence-electron chi connectivity index (χ2n) is 7.36. The van der Waals surface area contributed by atoms with Crippen molar-refractivity contribution in [2.24, 2.45) is 5.92 Å². The van der Waals surface area contributed by atoms with Gasteiger partial charge in [0.15, 0.2) is 9.84 Å². The van der Waals surface area contributed by atoms with Gasteiger partial charge in [-0.2, -0.15) is 10.2 Å². The number of urea groups is 1. The minimum Gasteiger partial charge on any atom is -0.325 e. The van der Waals surface area contributed by atoms with E-state index in [0.717, 1.165) is 0 Å². The van der Waals surface area contributed by atoms with E-state index in [1.165, 1.54) is 12.4 Å². The van der Waals surface area contributed by atoms with Crippen LogP contribution in [0.15, 0.2) is 47.6 Å². The molecule has 7 nitrogen and oxygen atoms in total. The molecule has 0 aliphatic carbocycles. The molecule has 9 heteroatoms. The number of benzene rings is 1. The molecular formula is C19H23ClN4O3S. The summed E-state index contributed by atoms with van der Waals surface area (Å²) in [5.74, 6) is -0.0829. The number of hydrogen-bond donors (Lipinski definition) is 1. The van der Waals surface area contributed by atoms with E-state index in [2.05, 4.69) is 15.5 Å². The van der Waals surface area contributed by atoms with E-state index in [-0.39, 0.29) is 21.9 Å². The van der Waals surface area contributed by atoms with Crippen LogP contribution in [0.1, 0.15) is 26.7 Å². The Bertz CT molecular complexity index is 943. The monoisotopic (exact) mass is 422 g/mol. The molecule has 28 heavy (non-hydrogen) atoms. The van der Waals surface area contributed by atoms with Gasteiger partial charge in [0.1, 0.15) is 0 Å². The number of carbonyl (C=O) groups is 1. The Morgan fingerprint density at radius 2 is 1.86 bits per heavy atom. The number of carbonyl (C=O) groups excluding carboxylic acids is 1. The Balaban J connectivity index is 1.68. The number of anilines is 1. The molecule has 1 aromatic carbocycles. The van der Waals surface area contributed by atoms with Crippen molar-refractivity contribution < 1.29 is 13.2 Å². The number of likely N-dealkylation sites (tertiary alicyclic amines) is 1. The van der Waals surface area contributed by atoms with Crippen LogP contribution in [0.4, 0.5) is 10.5 Å². The van der Waals surface area contributed by atoms with Crippen LogP contribution in [0.2, 0.25) is 5.02 Å². The standard InChI is InChI=1S/C19H23ClN4O3S/c1-19(2,28(26,27)17-6-4-3-5-16(17)20)14-8-11-24(12-9-14)18(25)23-15-7-10-21-22-13-15/h3-7,10,13-14H,8-9,11-12H2,1-2H3,(H,21,23,25). The predicted octanol–water partition coefficient (Wildman–Crippen LogP) is 3.63. The molecule has 2 heterocycles. The number of rotatable bonds is 4. The lowest BCUT2D eigenvalue weighted by Crippen LogP contribution is -2.48. The van der Waals surface area contributed by atoms with Crippen LogP contribution < -0.4 is 5.32 Å². The third-order valence-corrected chi connectivity index (χ3v) is 8.51. The Labute approximate surface area is 170 Å². The van der Waals surface area contributed by atoms with Crippen molar-refractivity contribution in [2.75, 3.05) is 18.4 Å². The summed E-state index contributed by atoms with van der Waals surface area (Å²) in [5.41, 5.74) is 0.573. The van der Waals surface area contributed by atoms with Gasteiger partial charge in [-0.25, -0.2) is 13.2 Å². The summed E-state index contributed by atoms with van der Waals surface area (Å²) in [6.07, 6.45) is 4.17. The molecule has 1 saturated heterocycles. The first-order valence-electron chi connectivity index (χ1n) is 9.05. The maximum Gasteiger partial charge on any atom is 0.321 e. The predicted molar refractivity (Wildman–Crippen MR) is 108 cm³/mol. The van der Waals surface area contributed by atoms with E-state index in [4.69, 9.17) is 11.6 Å². The van der Waals surface area contributed by atoms with Crippen LogP contribution in [-0.4, -0.2) is 47.4 Å². The topological polar surface area (TPSA) is 92.3 Å². The van der Waals surface area contributed by atoms with Crippen molar-refractivity contribution in [1.82, 2.24) is 15.1 Å². The van der Waals surface area contributed by atoms with Crippen molar-refractivity contribution in [3.8, 4) is 0 Å². The van der Waals surface area contributed by atoms with Gasteiger partial charge < -0.3 is 10.2 Å². The van der Waals surface area contributed by atoms with E-state index in [9.17, 15) is 13.2 Å². The third kappa shape index (κ3) is 3.98. The van der Waals surface area contributed by atoms with Crippen LogP contribution in [0.5, 0.6) is 0 Å². The van der Waals surface area contributed by atoms with Gasteiger partial charge in [0.05, 0.1) is 32.7 Å². The second kappa shape index (κ2) is 8.05. The summed E-state index contributed by atoms with van der Waals surface area (Å²) in [7, 11) is -3.62. The minimum atomic E-state index is -3.62. The number of amides is 2. The van der Waals surface area contributed by atoms with Gasteiger partial charge in [-0.1, -0.05) is 23.7 Å². The lowest BCUT2D eigenvalue weighted by Gasteiger charge is -2.40. The number of hydrogen-bond acceptors (Lipinski definition) is 5. The summed E-state index contributed by atoms with van der Waals surface area (Å²) in [6.45, 7) is 4.45. The first-order valence-corrected chi connectivity index (χ1v) is 10.9. The molecule has 1 aliphatic rings. The molecule has 0 unspecified atom stereocenters. The average Bonchev–Trinajstić information content (AvgIpc) is 2.69. The SMILES string of the molecule is CC(C)(C1CCN(C(=O)Nc2ccnnc2)CC1)S(=O)(=O)c1ccccc1Cl. The minimum absolute atomic E-state index is 0.0829. The molecule has 0 atom stereocenters. The Kier molecular flexibility index (Phi) is 5.90. The second-order valence-corrected chi connectivity index (χ2v) is 10.3. The first kappa shape index (κ1) is 20.5. The normalized spacial score (nSPS) is 16.0. The van der Waals surface area contributed by atoms with Crippen LogP contribution in [0.3, 0.4) is 0 Å². The lowest BCUT2D eigenvalue weighted by molar-refractivity contribution is 0.171. The molecular weight excluding hydrogens is 400 g/mol. The fourth-order valence-electron chi connectivity index (χ4n) is 3.51. The van der Waals surface area contributed by atoms with Crippen molar-refractivity contribution >= 4 is 33.2 Å². The van der Waals surface area contributed by atoms with E-state index in [1.807, 2.05) is 0 Å². The molecule has 0 radical (unpaired) electrons. The maximum absolute atomic E-state index is 13.2. The number of nitrogens with one attached hydrogen (secondary N) is 1. The molecule has 1 aliphatic heterocycles. The van der Waals surface area contributed by atoms with Crippen molar-refractivity contribution in [3.05, 3.63) is 47.7 Å². The summed E-state index contributed by atoms with van der Waals surface area (Å²) >= 11 is 6.15. The van der Waals surface area contributed by atoms with Gasteiger partial charge >= 0.3 is 6.03 Å². The number of sulfone groups is 1. The number of nitrogens with zero attached hydrogens (tertiary/aromatic N) is 3. The summed E-state index contributed by atoms with van der Waals surface area (Å²) in [5, 5.41) is 10.4. The molecule has 2 aromatic rings. The highest BCUT2D eigenvalue weighted by molar-refractivity contribution is 7.93. The van der Waals surface area contributed by atoms with Gasteiger partial charge in [-0.05, 0) is 50.8 Å². The summed E-state index contributed by atoms with van der Waals surface area (Å²) in [6, 6.07) is 7.96. The van der Waals surface area contributed by atoms with Crippen molar-refractivity contribution in [3.63, 3.8) is 0 Å². The van der Waals surface area contributed by atoms with E-state index >= 15 is 0 Å². The fraction of sp³-hybridized carbons (Fsp3) is 0.421. The molecule has 2 amide bonds. The van der Waals surface area contributed by atoms with Crippen LogP contribution in [-0.2, 0) is 9.84 Å². The summed E-state index contributed by atoms with van der Waals surface area (Å²) in [4.78, 5) is 14.3. The molecule has 0 saturated carbocycles. The van der Waals surface area contributed by atoms with Crippen molar-refractivity contribution in [2.45, 2.75) is 36.3 Å². The molecule has 150 valence electrons. The van der Waals surface area contributed by atoms with Gasteiger partial charge in [0, 0.05) is 13.1 Å². The molecule has 1 aromatic heterocycles. The Morgan fingerprint density at radius 3 is 2.46 bits per heavy atom. The molecule has 0 spiro atoms. The largest absolute Gasteiger partial charge is 0.325 e. The van der Waals surface area contributed by atoms with Gasteiger partial charge in [-0.15, -0.1) is 0 Å². The Hall–Kier alpha value is -2.19. The zero-order valence-corrected chi connectivity index (χ0v) is 17.4. The zero-order valence-electron chi connectivity index (χ0n) is 15.8. The highest BCUT2D eigenvalue weighted by Gasteiger charge is 2.44. The quantitative estimate of drug-likeness (QED) is 0.812. The highest BCUT2D eigenvalue weighted by Crippen LogP contribution is 2.39.